The predicted octanol–water partition coefficient (Wildman–Crippen LogP) is 1.88. The van der Waals surface area contributed by atoms with Gasteiger partial charge in [0.1, 0.15) is 0 Å². The average Bonchev–Trinajstić information content (AvgIpc) is 2.17. The van der Waals surface area contributed by atoms with Gasteiger partial charge in [0.05, 0.1) is 5.60 Å². The molecule has 2 nitrogen and oxygen atoms in total. The Morgan fingerprint density at radius 2 is 1.85 bits per heavy atom. The molecule has 0 rings (SSSR count). The van der Waals surface area contributed by atoms with Crippen molar-refractivity contribution in [2.24, 2.45) is 0 Å². The Hall–Kier alpha value is 0.270. The third-order valence-corrected chi connectivity index (χ3v) is 3.30. The summed E-state index contributed by atoms with van der Waals surface area (Å²) in [6.45, 7) is 7.96. The highest BCUT2D eigenvalue weighted by atomic mass is 32.2. The van der Waals surface area contributed by atoms with Crippen molar-refractivity contribution in [3.8, 4) is 0 Å². The largest absolute Gasteiger partial charge is 0.389 e. The van der Waals surface area contributed by atoms with E-state index in [-0.39, 0.29) is 0 Å². The van der Waals surface area contributed by atoms with Crippen LogP contribution in [0, 0.1) is 0 Å². The van der Waals surface area contributed by atoms with E-state index >= 15 is 0 Å². The highest BCUT2D eigenvalue weighted by Crippen LogP contribution is 2.12. The maximum absolute atomic E-state index is 9.92. The van der Waals surface area contributed by atoms with E-state index < -0.39 is 5.60 Å². The molecule has 0 bridgehead atoms. The zero-order valence-electron chi connectivity index (χ0n) is 9.10. The Balaban J connectivity index is 3.39. The van der Waals surface area contributed by atoms with E-state index in [2.05, 4.69) is 12.2 Å². The van der Waals surface area contributed by atoms with Crippen LogP contribution in [0.25, 0.3) is 0 Å². The summed E-state index contributed by atoms with van der Waals surface area (Å²) < 4.78 is 0. The van der Waals surface area contributed by atoms with E-state index in [0.717, 1.165) is 31.7 Å². The Labute approximate surface area is 86.5 Å². The Bertz CT molecular complexity index is 115. The quantitative estimate of drug-likeness (QED) is 0.593. The maximum Gasteiger partial charge on any atom is 0.0766 e. The van der Waals surface area contributed by atoms with Gasteiger partial charge in [-0.15, -0.1) is 0 Å². The van der Waals surface area contributed by atoms with Crippen LogP contribution < -0.4 is 5.32 Å². The maximum atomic E-state index is 9.92. The molecule has 0 unspecified atom stereocenters. The fourth-order valence-corrected chi connectivity index (χ4v) is 1.69. The van der Waals surface area contributed by atoms with Gasteiger partial charge in [-0.3, -0.25) is 0 Å². The molecule has 80 valence electrons. The average molecular weight is 205 g/mol. The van der Waals surface area contributed by atoms with Gasteiger partial charge in [-0.2, -0.15) is 11.8 Å². The van der Waals surface area contributed by atoms with Crippen LogP contribution in [0.1, 0.15) is 33.6 Å². The van der Waals surface area contributed by atoms with E-state index in [1.54, 1.807) is 0 Å². The molecule has 0 aromatic carbocycles. The highest BCUT2D eigenvalue weighted by Gasteiger charge is 2.20. The summed E-state index contributed by atoms with van der Waals surface area (Å²) in [6, 6.07) is 0. The van der Waals surface area contributed by atoms with Gasteiger partial charge in [-0.05, 0) is 18.6 Å². The van der Waals surface area contributed by atoms with Crippen LogP contribution in [0.5, 0.6) is 0 Å². The van der Waals surface area contributed by atoms with E-state index in [1.165, 1.54) is 5.75 Å². The zero-order valence-corrected chi connectivity index (χ0v) is 9.91. The minimum atomic E-state index is -0.489. The van der Waals surface area contributed by atoms with Crippen LogP contribution >= 0.6 is 11.8 Å². The first-order valence-electron chi connectivity index (χ1n) is 5.19. The molecule has 0 radical (unpaired) electrons. The standard InChI is InChI=1S/C10H23NOS/c1-4-10(12,5-2)9-11-7-8-13-6-3/h11-12H,4-9H2,1-3H3. The van der Waals surface area contributed by atoms with Crippen molar-refractivity contribution in [1.82, 2.24) is 5.32 Å². The number of hydrogen-bond acceptors (Lipinski definition) is 3. The van der Waals surface area contributed by atoms with Gasteiger partial charge in [0.15, 0.2) is 0 Å². The van der Waals surface area contributed by atoms with Crippen LogP contribution in [-0.2, 0) is 0 Å². The molecule has 0 saturated heterocycles. The number of rotatable bonds is 8. The molecule has 0 aliphatic rings. The summed E-state index contributed by atoms with van der Waals surface area (Å²) in [6.07, 6.45) is 1.66. The van der Waals surface area contributed by atoms with Crippen molar-refractivity contribution in [3.05, 3.63) is 0 Å². The summed E-state index contributed by atoms with van der Waals surface area (Å²) in [4.78, 5) is 0. The van der Waals surface area contributed by atoms with E-state index in [0.29, 0.717) is 0 Å². The van der Waals surface area contributed by atoms with E-state index in [4.69, 9.17) is 0 Å². The first kappa shape index (κ1) is 13.3. The lowest BCUT2D eigenvalue weighted by Crippen LogP contribution is -2.40. The van der Waals surface area contributed by atoms with Gasteiger partial charge in [0.2, 0.25) is 0 Å². The van der Waals surface area contributed by atoms with Gasteiger partial charge < -0.3 is 10.4 Å². The third-order valence-electron chi connectivity index (χ3n) is 2.40. The lowest BCUT2D eigenvalue weighted by atomic mass is 9.98. The van der Waals surface area contributed by atoms with E-state index in [9.17, 15) is 5.11 Å². The molecule has 0 heterocycles. The van der Waals surface area contributed by atoms with Crippen LogP contribution in [0.3, 0.4) is 0 Å². The van der Waals surface area contributed by atoms with Crippen LogP contribution in [0.2, 0.25) is 0 Å². The van der Waals surface area contributed by atoms with Crippen molar-refractivity contribution in [2.45, 2.75) is 39.2 Å². The monoisotopic (exact) mass is 205 g/mol. The first-order valence-corrected chi connectivity index (χ1v) is 6.34. The van der Waals surface area contributed by atoms with Gasteiger partial charge in [0, 0.05) is 18.8 Å². The second kappa shape index (κ2) is 7.65. The lowest BCUT2D eigenvalue weighted by molar-refractivity contribution is 0.0332. The molecule has 0 aromatic heterocycles. The molecule has 0 aromatic rings. The molecule has 0 aliphatic carbocycles. The van der Waals surface area contributed by atoms with Gasteiger partial charge in [0.25, 0.3) is 0 Å². The summed E-state index contributed by atoms with van der Waals surface area (Å²) in [5, 5.41) is 13.2. The molecule has 0 fully saturated rings. The Morgan fingerprint density at radius 3 is 2.31 bits per heavy atom. The molecule has 0 saturated carbocycles. The second-order valence-electron chi connectivity index (χ2n) is 3.31. The Morgan fingerprint density at radius 1 is 1.23 bits per heavy atom. The van der Waals surface area contributed by atoms with Crippen molar-refractivity contribution in [1.29, 1.82) is 0 Å². The number of nitrogens with one attached hydrogen (secondary N) is 1. The first-order chi connectivity index (χ1) is 6.18. The number of hydrogen-bond donors (Lipinski definition) is 2. The Kier molecular flexibility index (Phi) is 7.81. The topological polar surface area (TPSA) is 32.3 Å². The summed E-state index contributed by atoms with van der Waals surface area (Å²) >= 11 is 1.93. The van der Waals surface area contributed by atoms with Crippen LogP contribution in [-0.4, -0.2) is 35.3 Å². The van der Waals surface area contributed by atoms with E-state index in [1.807, 2.05) is 25.6 Å². The molecule has 2 N–H and O–H groups in total. The van der Waals surface area contributed by atoms with Crippen molar-refractivity contribution < 1.29 is 5.11 Å². The predicted molar refractivity (Wildman–Crippen MR) is 61.4 cm³/mol. The SMILES string of the molecule is CCSCCNCC(O)(CC)CC. The van der Waals surface area contributed by atoms with Crippen molar-refractivity contribution in [3.63, 3.8) is 0 Å². The molecule has 0 amide bonds. The van der Waals surface area contributed by atoms with Crippen molar-refractivity contribution >= 4 is 11.8 Å². The summed E-state index contributed by atoms with van der Waals surface area (Å²) in [5.74, 6) is 2.31. The van der Waals surface area contributed by atoms with Crippen molar-refractivity contribution in [2.75, 3.05) is 24.6 Å². The molecule has 0 spiro atoms. The highest BCUT2D eigenvalue weighted by molar-refractivity contribution is 7.99. The molecular weight excluding hydrogens is 182 g/mol. The molecule has 0 aliphatic heterocycles. The normalized spacial score (nSPS) is 12.0. The molecule has 0 atom stereocenters. The number of aliphatic hydroxyl groups is 1. The third kappa shape index (κ3) is 6.36. The smallest absolute Gasteiger partial charge is 0.0766 e. The minimum absolute atomic E-state index is 0.489. The zero-order chi connectivity index (χ0) is 10.2. The van der Waals surface area contributed by atoms with Crippen LogP contribution in [0.4, 0.5) is 0 Å². The molecule has 3 heteroatoms. The molecule has 13 heavy (non-hydrogen) atoms. The summed E-state index contributed by atoms with van der Waals surface area (Å²) in [7, 11) is 0. The van der Waals surface area contributed by atoms with Crippen LogP contribution in [0.15, 0.2) is 0 Å². The molecular formula is C10H23NOS. The van der Waals surface area contributed by atoms with Gasteiger partial charge in [-0.1, -0.05) is 20.8 Å². The second-order valence-corrected chi connectivity index (χ2v) is 4.70. The fraction of sp³-hybridized carbons (Fsp3) is 1.00. The minimum Gasteiger partial charge on any atom is -0.389 e. The lowest BCUT2D eigenvalue weighted by Gasteiger charge is -2.25. The fourth-order valence-electron chi connectivity index (χ4n) is 1.11. The van der Waals surface area contributed by atoms with Gasteiger partial charge in [-0.25, -0.2) is 0 Å². The number of thioether (sulfide) groups is 1. The van der Waals surface area contributed by atoms with Gasteiger partial charge >= 0.3 is 0 Å². The summed E-state index contributed by atoms with van der Waals surface area (Å²) in [5.41, 5.74) is -0.489.